The zero-order chi connectivity index (χ0) is 22.2. The van der Waals surface area contributed by atoms with E-state index in [2.05, 4.69) is 19.9 Å². The Morgan fingerprint density at radius 3 is 2.74 bits per heavy atom. The fraction of sp³-hybridized carbons (Fsp3) is 0.200. The molecule has 0 amide bonds. The Bertz CT molecular complexity index is 1350. The molecule has 0 saturated carbocycles. The van der Waals surface area contributed by atoms with Crippen molar-refractivity contribution in [3.63, 3.8) is 0 Å². The van der Waals surface area contributed by atoms with Gasteiger partial charge in [0.2, 0.25) is 10.0 Å². The first-order valence-corrected chi connectivity index (χ1v) is 10.9. The molecule has 0 aliphatic rings. The van der Waals surface area contributed by atoms with Gasteiger partial charge in [0.1, 0.15) is 22.3 Å². The summed E-state index contributed by atoms with van der Waals surface area (Å²) < 4.78 is 62.3. The molecule has 11 heteroatoms. The average Bonchev–Trinajstić information content (AvgIpc) is 3.35. The molecule has 0 aliphatic heterocycles. The van der Waals surface area contributed by atoms with E-state index in [-0.39, 0.29) is 11.8 Å². The second kappa shape index (κ2) is 8.08. The first-order chi connectivity index (χ1) is 14.8. The molecular weight excluding hydrogens is 428 g/mol. The van der Waals surface area contributed by atoms with E-state index in [1.165, 1.54) is 6.92 Å². The van der Waals surface area contributed by atoms with Crippen molar-refractivity contribution in [2.24, 2.45) is 0 Å². The Morgan fingerprint density at radius 2 is 1.97 bits per heavy atom. The van der Waals surface area contributed by atoms with Crippen LogP contribution in [-0.4, -0.2) is 28.2 Å². The lowest BCUT2D eigenvalue weighted by molar-refractivity contribution is 0.408. The predicted octanol–water partition coefficient (Wildman–Crippen LogP) is 3.89. The summed E-state index contributed by atoms with van der Waals surface area (Å²) in [7, 11) is -4.34. The Morgan fingerprint density at radius 1 is 1.16 bits per heavy atom. The van der Waals surface area contributed by atoms with E-state index in [1.54, 1.807) is 10.6 Å². The monoisotopic (exact) mass is 447 g/mol. The Labute approximate surface area is 176 Å². The highest BCUT2D eigenvalue weighted by molar-refractivity contribution is 7.89. The Hall–Kier alpha value is -3.31. The van der Waals surface area contributed by atoms with Crippen LogP contribution < -0.4 is 9.46 Å². The summed E-state index contributed by atoms with van der Waals surface area (Å²) in [6.07, 6.45) is 1.82. The largest absolute Gasteiger partial charge is 0.424 e. The van der Waals surface area contributed by atoms with Crippen LogP contribution in [0.25, 0.3) is 10.9 Å². The molecular formula is C20H19F2N5O3S. The van der Waals surface area contributed by atoms with Crippen molar-refractivity contribution in [1.82, 2.24) is 24.5 Å². The van der Waals surface area contributed by atoms with Crippen molar-refractivity contribution in [3.8, 4) is 11.8 Å². The number of aromatic nitrogens is 4. The highest BCUT2D eigenvalue weighted by Crippen LogP contribution is 2.26. The molecule has 4 rings (SSSR count). The van der Waals surface area contributed by atoms with Crippen molar-refractivity contribution in [1.29, 1.82) is 0 Å². The van der Waals surface area contributed by atoms with Crippen molar-refractivity contribution >= 4 is 20.9 Å². The number of nitrogens with zero attached hydrogens (tertiary/aromatic N) is 3. The third-order valence-electron chi connectivity index (χ3n) is 4.70. The molecule has 0 bridgehead atoms. The SMILES string of the molecule is CCn1c(Oc2ccc3cc[nH]c3c2)nnc1[C@@H](C)NS(=O)(=O)c1cc(F)ccc1F. The first kappa shape index (κ1) is 20.9. The van der Waals surface area contributed by atoms with E-state index >= 15 is 0 Å². The van der Waals surface area contributed by atoms with Crippen LogP contribution in [0.2, 0.25) is 0 Å². The molecule has 2 aromatic carbocycles. The molecule has 162 valence electrons. The van der Waals surface area contributed by atoms with Gasteiger partial charge in [-0.3, -0.25) is 4.57 Å². The number of nitrogens with one attached hydrogen (secondary N) is 2. The number of ether oxygens (including phenoxy) is 1. The summed E-state index contributed by atoms with van der Waals surface area (Å²) >= 11 is 0. The van der Waals surface area contributed by atoms with Gasteiger partial charge in [0.05, 0.1) is 6.04 Å². The van der Waals surface area contributed by atoms with Crippen LogP contribution in [0.4, 0.5) is 8.78 Å². The summed E-state index contributed by atoms with van der Waals surface area (Å²) in [5.41, 5.74) is 0.888. The maximum absolute atomic E-state index is 14.0. The van der Waals surface area contributed by atoms with Crippen molar-refractivity contribution in [2.45, 2.75) is 31.3 Å². The van der Waals surface area contributed by atoms with Gasteiger partial charge in [-0.1, -0.05) is 5.10 Å². The number of H-pyrrole nitrogens is 1. The van der Waals surface area contributed by atoms with Gasteiger partial charge in [0.15, 0.2) is 5.82 Å². The number of hydrogen-bond donors (Lipinski definition) is 2. The topological polar surface area (TPSA) is 102 Å². The van der Waals surface area contributed by atoms with E-state index in [0.29, 0.717) is 18.4 Å². The lowest BCUT2D eigenvalue weighted by Gasteiger charge is -2.15. The first-order valence-electron chi connectivity index (χ1n) is 9.44. The predicted molar refractivity (Wildman–Crippen MR) is 109 cm³/mol. The minimum absolute atomic E-state index is 0.173. The standard InChI is InChI=1S/C20H19F2N5O3S/c1-3-27-19(12(2)26-31(28,29)18-10-14(21)5-7-16(18)22)24-25-20(27)30-15-6-4-13-8-9-23-17(13)11-15/h4-12,23,26H,3H2,1-2H3/t12-/m1/s1. The Kier molecular flexibility index (Phi) is 5.46. The van der Waals surface area contributed by atoms with Crippen LogP contribution >= 0.6 is 0 Å². The van der Waals surface area contributed by atoms with Gasteiger partial charge >= 0.3 is 6.01 Å². The number of benzene rings is 2. The third kappa shape index (κ3) is 4.14. The molecule has 31 heavy (non-hydrogen) atoms. The van der Waals surface area contributed by atoms with Gasteiger partial charge in [-0.25, -0.2) is 21.9 Å². The quantitative estimate of drug-likeness (QED) is 0.448. The van der Waals surface area contributed by atoms with E-state index in [0.717, 1.165) is 23.0 Å². The number of hydrogen-bond acceptors (Lipinski definition) is 5. The lowest BCUT2D eigenvalue weighted by atomic mass is 10.2. The van der Waals surface area contributed by atoms with E-state index in [9.17, 15) is 17.2 Å². The summed E-state index contributed by atoms with van der Waals surface area (Å²) in [5.74, 6) is -1.12. The second-order valence-corrected chi connectivity index (χ2v) is 8.51. The van der Waals surface area contributed by atoms with Gasteiger partial charge < -0.3 is 9.72 Å². The van der Waals surface area contributed by atoms with Crippen molar-refractivity contribution in [2.75, 3.05) is 0 Å². The van der Waals surface area contributed by atoms with Crippen LogP contribution in [0, 0.1) is 11.6 Å². The maximum Gasteiger partial charge on any atom is 0.322 e. The fourth-order valence-electron chi connectivity index (χ4n) is 3.22. The van der Waals surface area contributed by atoms with Crippen LogP contribution in [0.15, 0.2) is 53.6 Å². The van der Waals surface area contributed by atoms with Crippen molar-refractivity contribution in [3.05, 3.63) is 66.1 Å². The van der Waals surface area contributed by atoms with Crippen LogP contribution in [0.3, 0.4) is 0 Å². The summed E-state index contributed by atoms with van der Waals surface area (Å²) in [6, 6.07) is 8.93. The van der Waals surface area contributed by atoms with Crippen LogP contribution in [0.1, 0.15) is 25.7 Å². The average molecular weight is 447 g/mol. The number of sulfonamides is 1. The van der Waals surface area contributed by atoms with Gasteiger partial charge in [-0.05, 0) is 55.6 Å². The molecule has 2 N–H and O–H groups in total. The highest BCUT2D eigenvalue weighted by Gasteiger charge is 2.26. The van der Waals surface area contributed by atoms with Crippen LogP contribution in [0.5, 0.6) is 11.8 Å². The van der Waals surface area contributed by atoms with Crippen LogP contribution in [-0.2, 0) is 16.6 Å². The molecule has 4 aromatic rings. The number of aromatic amines is 1. The third-order valence-corrected chi connectivity index (χ3v) is 6.26. The highest BCUT2D eigenvalue weighted by atomic mass is 32.2. The molecule has 0 unspecified atom stereocenters. The maximum atomic E-state index is 14.0. The Balaban J connectivity index is 1.59. The zero-order valence-corrected chi connectivity index (χ0v) is 17.5. The van der Waals surface area contributed by atoms with Gasteiger partial charge in [-0.2, -0.15) is 0 Å². The number of rotatable bonds is 7. The zero-order valence-electron chi connectivity index (χ0n) is 16.6. The molecule has 2 heterocycles. The normalized spacial score (nSPS) is 12.9. The smallest absolute Gasteiger partial charge is 0.322 e. The molecule has 0 fully saturated rings. The fourth-order valence-corrected chi connectivity index (χ4v) is 4.51. The molecule has 1 atom stereocenters. The van der Waals surface area contributed by atoms with E-state index < -0.39 is 32.6 Å². The molecule has 0 radical (unpaired) electrons. The number of halogens is 2. The summed E-state index contributed by atoms with van der Waals surface area (Å²) in [4.78, 5) is 2.31. The van der Waals surface area contributed by atoms with Gasteiger partial charge in [0, 0.05) is 24.3 Å². The molecule has 0 saturated heterocycles. The minimum Gasteiger partial charge on any atom is -0.424 e. The minimum atomic E-state index is -4.34. The molecule has 8 nitrogen and oxygen atoms in total. The second-order valence-electron chi connectivity index (χ2n) is 6.83. The summed E-state index contributed by atoms with van der Waals surface area (Å²) in [6.45, 7) is 3.74. The lowest BCUT2D eigenvalue weighted by Crippen LogP contribution is -2.29. The molecule has 0 aliphatic carbocycles. The van der Waals surface area contributed by atoms with Crippen molar-refractivity contribution < 1.29 is 21.9 Å². The van der Waals surface area contributed by atoms with Gasteiger partial charge in [-0.15, -0.1) is 5.10 Å². The van der Waals surface area contributed by atoms with Gasteiger partial charge in [0.25, 0.3) is 0 Å². The van der Waals surface area contributed by atoms with E-state index in [4.69, 9.17) is 4.74 Å². The summed E-state index contributed by atoms with van der Waals surface area (Å²) in [5, 5.41) is 9.08. The molecule has 0 spiro atoms. The molecule has 2 aromatic heterocycles. The number of fused-ring (bicyclic) bond motifs is 1. The van der Waals surface area contributed by atoms with E-state index in [1.807, 2.05) is 31.3 Å².